The molecule has 0 rings (SSSR count). The molecule has 0 heterocycles. The van der Waals surface area contributed by atoms with Crippen molar-refractivity contribution >= 4 is 51.2 Å². The lowest BCUT2D eigenvalue weighted by Crippen LogP contribution is -2.09. The molecule has 4 heteroatoms. The Morgan fingerprint density at radius 2 is 2.40 bits per heavy atom. The lowest BCUT2D eigenvalue weighted by Gasteiger charge is -2.06. The number of carbonyl (C=O) groups excluding carboxylic acids is 1. The first kappa shape index (κ1) is 10.7. The molecule has 1 unspecified atom stereocenters. The summed E-state index contributed by atoms with van der Waals surface area (Å²) in [4.78, 5) is 10.5. The zero-order valence-corrected chi connectivity index (χ0v) is 9.66. The minimum absolute atomic E-state index is 0.0139. The van der Waals surface area contributed by atoms with Crippen LogP contribution in [0.4, 0.5) is 0 Å². The summed E-state index contributed by atoms with van der Waals surface area (Å²) in [7, 11) is 0. The minimum atomic E-state index is -0.343. The maximum absolute atomic E-state index is 10.5. The Kier molecular flexibility index (Phi) is 6.81. The van der Waals surface area contributed by atoms with Crippen LogP contribution in [0.2, 0.25) is 0 Å². The Bertz CT molecular complexity index is 125. The summed E-state index contributed by atoms with van der Waals surface area (Å²) >= 11 is 4.32. The highest BCUT2D eigenvalue weighted by molar-refractivity contribution is 14.1. The van der Waals surface area contributed by atoms with Crippen molar-refractivity contribution in [3.63, 3.8) is 0 Å². The summed E-state index contributed by atoms with van der Waals surface area (Å²) in [6.45, 7) is 3.29. The van der Waals surface area contributed by atoms with Gasteiger partial charge in [-0.2, -0.15) is 0 Å². The van der Waals surface area contributed by atoms with Crippen molar-refractivity contribution in [3.8, 4) is 0 Å². The van der Waals surface area contributed by atoms with Gasteiger partial charge in [0.25, 0.3) is 0 Å². The van der Waals surface area contributed by atoms with Gasteiger partial charge >= 0.3 is 5.97 Å². The number of hydrogen-bond donors (Lipinski definition) is 0. The molecule has 1 atom stereocenters. The van der Waals surface area contributed by atoms with E-state index in [0.717, 1.165) is 10.8 Å². The van der Waals surface area contributed by atoms with Crippen LogP contribution in [-0.2, 0) is 9.53 Å². The molecule has 0 aliphatic rings. The number of halogens is 2. The first-order valence-electron chi connectivity index (χ1n) is 2.73. The van der Waals surface area contributed by atoms with Gasteiger partial charge in [-0.1, -0.05) is 29.2 Å². The molecule has 0 aromatic rings. The zero-order valence-electron chi connectivity index (χ0n) is 5.35. The molecule has 2 nitrogen and oxygen atoms in total. The molecular weight excluding hydrogens is 358 g/mol. The maximum Gasteiger partial charge on any atom is 0.331 e. The Balaban J connectivity index is 3.46. The van der Waals surface area contributed by atoms with Gasteiger partial charge in [-0.25, -0.2) is 4.79 Å². The fourth-order valence-electron chi connectivity index (χ4n) is 0.319. The highest BCUT2D eigenvalue weighted by atomic mass is 127. The molecule has 0 saturated carbocycles. The van der Waals surface area contributed by atoms with E-state index in [0.29, 0.717) is 0 Å². The second kappa shape index (κ2) is 6.38. The summed E-state index contributed by atoms with van der Waals surface area (Å²) < 4.78 is 5.85. The van der Waals surface area contributed by atoms with Crippen LogP contribution in [0.25, 0.3) is 0 Å². The van der Waals surface area contributed by atoms with Gasteiger partial charge < -0.3 is 4.74 Å². The first-order chi connectivity index (χ1) is 4.70. The van der Waals surface area contributed by atoms with E-state index in [1.54, 1.807) is 0 Å². The van der Waals surface area contributed by atoms with Crippen LogP contribution < -0.4 is 0 Å². The Labute approximate surface area is 87.7 Å². The molecule has 0 aromatic heterocycles. The van der Waals surface area contributed by atoms with Crippen molar-refractivity contribution < 1.29 is 9.53 Å². The van der Waals surface area contributed by atoms with E-state index < -0.39 is 0 Å². The molecule has 0 aliphatic carbocycles. The number of alkyl halides is 2. The van der Waals surface area contributed by atoms with Crippen molar-refractivity contribution in [2.75, 3.05) is 4.43 Å². The highest BCUT2D eigenvalue weighted by Crippen LogP contribution is 2.09. The topological polar surface area (TPSA) is 26.3 Å². The normalized spacial score (nSPS) is 12.2. The van der Waals surface area contributed by atoms with Crippen LogP contribution in [0.5, 0.6) is 0 Å². The average molecular weight is 366 g/mol. The predicted molar refractivity (Wildman–Crippen MR) is 57.6 cm³/mol. The van der Waals surface area contributed by atoms with Crippen LogP contribution in [0, 0.1) is 0 Å². The predicted octanol–water partition coefficient (Wildman–Crippen LogP) is 2.30. The zero-order chi connectivity index (χ0) is 7.98. The first-order valence-corrected chi connectivity index (χ1v) is 5.51. The van der Waals surface area contributed by atoms with Gasteiger partial charge in [0.05, 0.1) is 0 Å². The third-order valence-electron chi connectivity index (χ3n) is 0.747. The van der Waals surface area contributed by atoms with Gasteiger partial charge in [-0.05, 0) is 22.6 Å². The van der Waals surface area contributed by atoms with E-state index in [2.05, 4.69) is 51.8 Å². The molecule has 0 radical (unpaired) electrons. The monoisotopic (exact) mass is 366 g/mol. The van der Waals surface area contributed by atoms with Crippen LogP contribution in [0.1, 0.15) is 6.42 Å². The third-order valence-corrected chi connectivity index (χ3v) is 2.25. The van der Waals surface area contributed by atoms with Crippen molar-refractivity contribution in [1.82, 2.24) is 0 Å². The number of hydrogen-bond acceptors (Lipinski definition) is 2. The molecule has 58 valence electrons. The number of rotatable bonds is 4. The van der Waals surface area contributed by atoms with Crippen molar-refractivity contribution in [2.45, 2.75) is 10.5 Å². The van der Waals surface area contributed by atoms with Crippen LogP contribution in [-0.4, -0.2) is 14.5 Å². The van der Waals surface area contributed by atoms with Crippen molar-refractivity contribution in [2.24, 2.45) is 0 Å². The molecule has 0 fully saturated rings. The fraction of sp³-hybridized carbons (Fsp3) is 0.500. The molecule has 0 bridgehead atoms. The summed E-state index contributed by atoms with van der Waals surface area (Å²) in [6, 6.07) is 0. The Morgan fingerprint density at radius 3 is 2.80 bits per heavy atom. The Hall–Kier alpha value is 0.670. The number of esters is 1. The number of carbonyl (C=O) groups is 1. The van der Waals surface area contributed by atoms with Crippen LogP contribution >= 0.6 is 45.2 Å². The quantitative estimate of drug-likeness (QED) is 0.331. The molecule has 0 amide bonds. The van der Waals surface area contributed by atoms with Crippen LogP contribution in [0.3, 0.4) is 0 Å². The van der Waals surface area contributed by atoms with E-state index in [9.17, 15) is 4.79 Å². The molecule has 0 N–H and O–H groups in total. The second-order valence-electron chi connectivity index (χ2n) is 1.53. The molecular formula is C6H8I2O2. The summed E-state index contributed by atoms with van der Waals surface area (Å²) in [6.07, 6.45) is 2.07. The third kappa shape index (κ3) is 5.45. The largest absolute Gasteiger partial charge is 0.449 e. The Morgan fingerprint density at radius 1 is 1.80 bits per heavy atom. The fourth-order valence-corrected chi connectivity index (χ4v) is 2.64. The van der Waals surface area contributed by atoms with Gasteiger partial charge in [0, 0.05) is 16.9 Å². The van der Waals surface area contributed by atoms with Gasteiger partial charge in [-0.3, -0.25) is 0 Å². The average Bonchev–Trinajstić information content (AvgIpc) is 1.88. The van der Waals surface area contributed by atoms with Crippen molar-refractivity contribution in [1.29, 1.82) is 0 Å². The van der Waals surface area contributed by atoms with Gasteiger partial charge in [0.2, 0.25) is 0 Å². The van der Waals surface area contributed by atoms with E-state index in [1.165, 1.54) is 6.08 Å². The molecule has 0 saturated heterocycles. The van der Waals surface area contributed by atoms with Crippen LogP contribution in [0.15, 0.2) is 12.7 Å². The SMILES string of the molecule is C=CC(=O)OC(I)CCI. The van der Waals surface area contributed by atoms with Crippen molar-refractivity contribution in [3.05, 3.63) is 12.7 Å². The lowest BCUT2D eigenvalue weighted by molar-refractivity contribution is -0.138. The van der Waals surface area contributed by atoms with E-state index >= 15 is 0 Å². The standard InChI is InChI=1S/C6H8I2O2/c1-2-6(9)10-5(8)3-4-7/h2,5H,1,3-4H2. The minimum Gasteiger partial charge on any atom is -0.449 e. The summed E-state index contributed by atoms with van der Waals surface area (Å²) in [5, 5.41) is 0. The van der Waals surface area contributed by atoms with E-state index in [1.807, 2.05) is 0 Å². The van der Waals surface area contributed by atoms with Gasteiger partial charge in [0.15, 0.2) is 4.11 Å². The molecule has 0 aliphatic heterocycles. The highest BCUT2D eigenvalue weighted by Gasteiger charge is 2.05. The van der Waals surface area contributed by atoms with E-state index in [4.69, 9.17) is 4.74 Å². The summed E-state index contributed by atoms with van der Waals surface area (Å²) in [5.74, 6) is -0.343. The second-order valence-corrected chi connectivity index (χ2v) is 4.00. The van der Waals surface area contributed by atoms with E-state index in [-0.39, 0.29) is 10.1 Å². The van der Waals surface area contributed by atoms with Gasteiger partial charge in [0.1, 0.15) is 0 Å². The number of ether oxygens (including phenoxy) is 1. The molecule has 0 spiro atoms. The molecule has 10 heavy (non-hydrogen) atoms. The van der Waals surface area contributed by atoms with Gasteiger partial charge in [-0.15, -0.1) is 0 Å². The smallest absolute Gasteiger partial charge is 0.331 e. The lowest BCUT2D eigenvalue weighted by atomic mass is 10.5. The summed E-state index contributed by atoms with van der Waals surface area (Å²) in [5.41, 5.74) is 0. The molecule has 0 aromatic carbocycles. The maximum atomic E-state index is 10.5.